The molecule has 0 heterocycles. The second-order valence-electron chi connectivity index (χ2n) is 4.77. The zero-order valence-corrected chi connectivity index (χ0v) is 12.6. The van der Waals surface area contributed by atoms with Crippen molar-refractivity contribution in [2.45, 2.75) is 37.8 Å². The van der Waals surface area contributed by atoms with E-state index in [9.17, 15) is 13.2 Å². The van der Waals surface area contributed by atoms with Crippen LogP contribution in [0, 0.1) is 0 Å². The first kappa shape index (κ1) is 16.6. The molecular weight excluding hydrogens is 280 g/mol. The van der Waals surface area contributed by atoms with E-state index >= 15 is 0 Å². The van der Waals surface area contributed by atoms with Crippen molar-refractivity contribution in [1.29, 1.82) is 0 Å². The van der Waals surface area contributed by atoms with Crippen molar-refractivity contribution >= 4 is 15.9 Å². The quantitative estimate of drug-likeness (QED) is 0.816. The summed E-state index contributed by atoms with van der Waals surface area (Å²) >= 11 is 0. The normalized spacial score (nSPS) is 13.2. The number of carbonyl (C=O) groups excluding carboxylic acids is 1. The Morgan fingerprint density at radius 2 is 2.00 bits per heavy atom. The molecule has 7 heteroatoms. The van der Waals surface area contributed by atoms with E-state index in [1.54, 1.807) is 19.1 Å². The van der Waals surface area contributed by atoms with Crippen LogP contribution >= 0.6 is 0 Å². The monoisotopic (exact) mass is 300 g/mol. The van der Waals surface area contributed by atoms with E-state index in [0.29, 0.717) is 5.56 Å². The molecule has 1 aromatic rings. The van der Waals surface area contributed by atoms with Crippen LogP contribution in [0.3, 0.4) is 0 Å². The third-order valence-corrected chi connectivity index (χ3v) is 3.52. The van der Waals surface area contributed by atoms with E-state index < -0.39 is 10.0 Å². The first-order chi connectivity index (χ1) is 9.20. The molecule has 1 amide bonds. The summed E-state index contributed by atoms with van der Waals surface area (Å²) in [6.07, 6.45) is -0.0261. The summed E-state index contributed by atoms with van der Waals surface area (Å²) in [5.74, 6) is -0.257. The fourth-order valence-electron chi connectivity index (χ4n) is 1.57. The molecule has 0 aliphatic carbocycles. The number of carbonyl (C=O) groups is 1. The highest BCUT2D eigenvalue weighted by Crippen LogP contribution is 2.16. The maximum Gasteiger partial charge on any atom is 0.246 e. The standard InChI is InChI=1S/C13H20N2O4S/c1-9(2)19-8-13(16)15-10(3)11-5-4-6-12(7-11)20(14,17)18/h4-7,9-10H,8H2,1-3H3,(H,15,16)(H2,14,17,18). The third-order valence-electron chi connectivity index (χ3n) is 2.61. The first-order valence-electron chi connectivity index (χ1n) is 6.24. The Kier molecular flexibility index (Phi) is 5.67. The van der Waals surface area contributed by atoms with Gasteiger partial charge in [0.25, 0.3) is 0 Å². The van der Waals surface area contributed by atoms with Gasteiger partial charge in [-0.05, 0) is 38.5 Å². The van der Waals surface area contributed by atoms with Gasteiger partial charge < -0.3 is 10.1 Å². The number of benzene rings is 1. The molecule has 1 atom stereocenters. The summed E-state index contributed by atoms with van der Waals surface area (Å²) in [4.78, 5) is 11.7. The molecular formula is C13H20N2O4S. The number of hydrogen-bond acceptors (Lipinski definition) is 4. The van der Waals surface area contributed by atoms with Crippen molar-refractivity contribution in [3.05, 3.63) is 29.8 Å². The molecule has 112 valence electrons. The molecule has 20 heavy (non-hydrogen) atoms. The highest BCUT2D eigenvalue weighted by atomic mass is 32.2. The van der Waals surface area contributed by atoms with Gasteiger partial charge in [-0.25, -0.2) is 13.6 Å². The number of rotatable bonds is 6. The second kappa shape index (κ2) is 6.83. The highest BCUT2D eigenvalue weighted by Gasteiger charge is 2.13. The van der Waals surface area contributed by atoms with Gasteiger partial charge >= 0.3 is 0 Å². The zero-order valence-electron chi connectivity index (χ0n) is 11.8. The van der Waals surface area contributed by atoms with Gasteiger partial charge in [0, 0.05) is 0 Å². The van der Waals surface area contributed by atoms with Crippen LogP contribution in [-0.2, 0) is 19.6 Å². The van der Waals surface area contributed by atoms with Crippen molar-refractivity contribution in [3.8, 4) is 0 Å². The minimum atomic E-state index is -3.75. The topological polar surface area (TPSA) is 98.5 Å². The smallest absolute Gasteiger partial charge is 0.246 e. The Morgan fingerprint density at radius 1 is 1.35 bits per heavy atom. The van der Waals surface area contributed by atoms with Crippen molar-refractivity contribution in [2.24, 2.45) is 5.14 Å². The largest absolute Gasteiger partial charge is 0.369 e. The molecule has 0 fully saturated rings. The van der Waals surface area contributed by atoms with Crippen LogP contribution in [0.25, 0.3) is 0 Å². The lowest BCUT2D eigenvalue weighted by Gasteiger charge is -2.16. The van der Waals surface area contributed by atoms with Gasteiger partial charge in [-0.2, -0.15) is 0 Å². The molecule has 0 bridgehead atoms. The van der Waals surface area contributed by atoms with E-state index in [1.807, 2.05) is 13.8 Å². The SMILES string of the molecule is CC(C)OCC(=O)NC(C)c1cccc(S(N)(=O)=O)c1. The van der Waals surface area contributed by atoms with E-state index in [-0.39, 0.29) is 29.6 Å². The van der Waals surface area contributed by atoms with Gasteiger partial charge in [-0.1, -0.05) is 12.1 Å². The molecule has 0 aliphatic heterocycles. The minimum absolute atomic E-state index is 0.0227. The van der Waals surface area contributed by atoms with Crippen molar-refractivity contribution < 1.29 is 17.9 Å². The van der Waals surface area contributed by atoms with Crippen LogP contribution in [0.15, 0.2) is 29.2 Å². The van der Waals surface area contributed by atoms with Crippen molar-refractivity contribution in [1.82, 2.24) is 5.32 Å². The number of nitrogens with two attached hydrogens (primary N) is 1. The lowest BCUT2D eigenvalue weighted by atomic mass is 10.1. The third kappa shape index (κ3) is 5.28. The van der Waals surface area contributed by atoms with Crippen molar-refractivity contribution in [3.63, 3.8) is 0 Å². The summed E-state index contributed by atoms with van der Waals surface area (Å²) in [5, 5.41) is 7.80. The van der Waals surface area contributed by atoms with E-state index in [0.717, 1.165) is 0 Å². The number of ether oxygens (including phenoxy) is 1. The second-order valence-corrected chi connectivity index (χ2v) is 6.33. The maximum atomic E-state index is 11.6. The van der Waals surface area contributed by atoms with Gasteiger partial charge in [0.05, 0.1) is 17.0 Å². The van der Waals surface area contributed by atoms with Gasteiger partial charge in [-0.15, -0.1) is 0 Å². The molecule has 0 aromatic heterocycles. The van der Waals surface area contributed by atoms with Crippen LogP contribution in [-0.4, -0.2) is 27.0 Å². The number of amides is 1. The fraction of sp³-hybridized carbons (Fsp3) is 0.462. The fourth-order valence-corrected chi connectivity index (χ4v) is 2.14. The van der Waals surface area contributed by atoms with E-state index in [4.69, 9.17) is 9.88 Å². The van der Waals surface area contributed by atoms with Gasteiger partial charge in [-0.3, -0.25) is 4.79 Å². The molecule has 0 aliphatic rings. The summed E-state index contributed by atoms with van der Waals surface area (Å²) in [6, 6.07) is 5.84. The molecule has 1 rings (SSSR count). The molecule has 0 saturated heterocycles. The maximum absolute atomic E-state index is 11.6. The van der Waals surface area contributed by atoms with E-state index in [1.165, 1.54) is 12.1 Å². The van der Waals surface area contributed by atoms with Gasteiger partial charge in [0.2, 0.25) is 15.9 Å². The minimum Gasteiger partial charge on any atom is -0.369 e. The Labute approximate surface area is 119 Å². The van der Waals surface area contributed by atoms with Crippen molar-refractivity contribution in [2.75, 3.05) is 6.61 Å². The Bertz CT molecular complexity index is 569. The van der Waals surface area contributed by atoms with Gasteiger partial charge in [0.15, 0.2) is 0 Å². The summed E-state index contributed by atoms with van der Waals surface area (Å²) < 4.78 is 27.7. The lowest BCUT2D eigenvalue weighted by molar-refractivity contribution is -0.127. The Hall–Kier alpha value is -1.44. The predicted octanol–water partition coefficient (Wildman–Crippen LogP) is 0.936. The number of nitrogens with one attached hydrogen (secondary N) is 1. The summed E-state index contributed by atoms with van der Waals surface area (Å²) in [7, 11) is -3.75. The van der Waals surface area contributed by atoms with Crippen LogP contribution in [0.4, 0.5) is 0 Å². The number of sulfonamides is 1. The van der Waals surface area contributed by atoms with Crippen LogP contribution in [0.2, 0.25) is 0 Å². The molecule has 1 unspecified atom stereocenters. The predicted molar refractivity (Wildman–Crippen MR) is 75.5 cm³/mol. The Morgan fingerprint density at radius 3 is 2.55 bits per heavy atom. The summed E-state index contributed by atoms with van der Waals surface area (Å²) in [5.41, 5.74) is 0.662. The lowest BCUT2D eigenvalue weighted by Crippen LogP contribution is -2.31. The zero-order chi connectivity index (χ0) is 15.3. The molecule has 0 spiro atoms. The highest BCUT2D eigenvalue weighted by molar-refractivity contribution is 7.89. The number of hydrogen-bond donors (Lipinski definition) is 2. The van der Waals surface area contributed by atoms with Crippen LogP contribution < -0.4 is 10.5 Å². The number of primary sulfonamides is 1. The average Bonchev–Trinajstić information content (AvgIpc) is 2.35. The van der Waals surface area contributed by atoms with Crippen LogP contribution in [0.1, 0.15) is 32.4 Å². The first-order valence-corrected chi connectivity index (χ1v) is 7.78. The van der Waals surface area contributed by atoms with E-state index in [2.05, 4.69) is 5.32 Å². The Balaban J connectivity index is 2.73. The van der Waals surface area contributed by atoms with Gasteiger partial charge in [0.1, 0.15) is 6.61 Å². The molecule has 0 saturated carbocycles. The average molecular weight is 300 g/mol. The van der Waals surface area contributed by atoms with Crippen LogP contribution in [0.5, 0.6) is 0 Å². The summed E-state index contributed by atoms with van der Waals surface area (Å²) in [6.45, 7) is 5.41. The molecule has 0 radical (unpaired) electrons. The molecule has 6 nitrogen and oxygen atoms in total. The molecule has 3 N–H and O–H groups in total. The molecule has 1 aromatic carbocycles.